The van der Waals surface area contributed by atoms with Crippen molar-refractivity contribution >= 4 is 28.9 Å². The van der Waals surface area contributed by atoms with Crippen molar-refractivity contribution < 1.29 is 4.79 Å². The molecule has 1 heterocycles. The number of nitrogens with one attached hydrogen (secondary N) is 1. The lowest BCUT2D eigenvalue weighted by Crippen LogP contribution is -2.45. The summed E-state index contributed by atoms with van der Waals surface area (Å²) in [5.41, 5.74) is 7.18. The number of aryl methyl sites for hydroxylation is 2. The minimum atomic E-state index is -0.717. The molecule has 1 saturated carbocycles. The number of carbonyl (C=O) groups is 1. The van der Waals surface area contributed by atoms with Gasteiger partial charge in [0.2, 0.25) is 5.91 Å². The second-order valence-electron chi connectivity index (χ2n) is 5.99. The highest BCUT2D eigenvalue weighted by atomic mass is 32.1. The van der Waals surface area contributed by atoms with E-state index in [0.29, 0.717) is 10.8 Å². The predicted molar refractivity (Wildman–Crippen MR) is 89.3 cm³/mol. The third-order valence-corrected chi connectivity index (χ3v) is 4.59. The summed E-state index contributed by atoms with van der Waals surface area (Å²) in [5, 5.41) is 2.93. The maximum absolute atomic E-state index is 12.8. The van der Waals surface area contributed by atoms with E-state index in [1.54, 1.807) is 0 Å². The molecule has 21 heavy (non-hydrogen) atoms. The number of hydrogen-bond acceptors (Lipinski definition) is 3. The van der Waals surface area contributed by atoms with E-state index in [-0.39, 0.29) is 5.91 Å². The number of nitrogens with two attached hydrogens (primary N) is 1. The second-order valence-corrected chi connectivity index (χ2v) is 6.43. The molecule has 0 spiro atoms. The van der Waals surface area contributed by atoms with Crippen molar-refractivity contribution in [1.82, 2.24) is 4.98 Å². The molecule has 3 N–H and O–H groups in total. The van der Waals surface area contributed by atoms with Gasteiger partial charge >= 0.3 is 0 Å². The maximum Gasteiger partial charge on any atom is 0.238 e. The van der Waals surface area contributed by atoms with Crippen molar-refractivity contribution in [2.45, 2.75) is 52.4 Å². The smallest absolute Gasteiger partial charge is 0.238 e. The number of nitrogens with zero attached hydrogens (tertiary/aromatic N) is 1. The standard InChI is InChI=1S/C16H23N3OS/c1-11-9-12(2)18-13(10-11)19-15(20)16(14(17)21)7-5-3-4-6-8-16/h9-10H,3-8H2,1-2H3,(H2,17,21)(H,18,19,20). The Balaban J connectivity index is 2.24. The average Bonchev–Trinajstić information content (AvgIpc) is 2.63. The number of thiocarbonyl (C=S) groups is 1. The van der Waals surface area contributed by atoms with Gasteiger partial charge < -0.3 is 11.1 Å². The van der Waals surface area contributed by atoms with Crippen molar-refractivity contribution in [3.63, 3.8) is 0 Å². The van der Waals surface area contributed by atoms with Crippen molar-refractivity contribution in [2.24, 2.45) is 11.1 Å². The van der Waals surface area contributed by atoms with E-state index >= 15 is 0 Å². The Bertz CT molecular complexity index is 528. The van der Waals surface area contributed by atoms with Crippen LogP contribution in [0.1, 0.15) is 49.8 Å². The molecule has 114 valence electrons. The Morgan fingerprint density at radius 2 is 1.86 bits per heavy atom. The first-order valence-electron chi connectivity index (χ1n) is 7.51. The van der Waals surface area contributed by atoms with Gasteiger partial charge in [-0.1, -0.05) is 37.9 Å². The first-order chi connectivity index (χ1) is 9.94. The molecular formula is C16H23N3OS. The van der Waals surface area contributed by atoms with Gasteiger partial charge in [-0.3, -0.25) is 4.79 Å². The molecule has 0 atom stereocenters. The Morgan fingerprint density at radius 1 is 1.24 bits per heavy atom. The molecule has 1 aromatic heterocycles. The highest BCUT2D eigenvalue weighted by Crippen LogP contribution is 2.36. The number of aromatic nitrogens is 1. The van der Waals surface area contributed by atoms with Crippen molar-refractivity contribution in [1.29, 1.82) is 0 Å². The minimum absolute atomic E-state index is 0.102. The Labute approximate surface area is 131 Å². The average molecular weight is 305 g/mol. The summed E-state index contributed by atoms with van der Waals surface area (Å²) in [6.45, 7) is 3.90. The number of amides is 1. The first-order valence-corrected chi connectivity index (χ1v) is 7.91. The van der Waals surface area contributed by atoms with Crippen LogP contribution in [0.25, 0.3) is 0 Å². The van der Waals surface area contributed by atoms with Crippen LogP contribution in [0.3, 0.4) is 0 Å². The number of rotatable bonds is 3. The van der Waals surface area contributed by atoms with Gasteiger partial charge in [-0.25, -0.2) is 4.98 Å². The van der Waals surface area contributed by atoms with Gasteiger partial charge in [-0.05, 0) is 44.4 Å². The van der Waals surface area contributed by atoms with Crippen molar-refractivity contribution in [2.75, 3.05) is 5.32 Å². The van der Waals surface area contributed by atoms with Crippen LogP contribution in [-0.4, -0.2) is 15.9 Å². The van der Waals surface area contributed by atoms with Crippen LogP contribution >= 0.6 is 12.2 Å². The third-order valence-electron chi connectivity index (χ3n) is 4.20. The Morgan fingerprint density at radius 3 is 2.38 bits per heavy atom. The van der Waals surface area contributed by atoms with Gasteiger partial charge in [0.05, 0.1) is 10.4 Å². The summed E-state index contributed by atoms with van der Waals surface area (Å²) in [5.74, 6) is 0.478. The number of pyridine rings is 1. The number of carbonyl (C=O) groups excluding carboxylic acids is 1. The summed E-state index contributed by atoms with van der Waals surface area (Å²) < 4.78 is 0. The van der Waals surface area contributed by atoms with Crippen molar-refractivity contribution in [3.05, 3.63) is 23.4 Å². The van der Waals surface area contributed by atoms with E-state index < -0.39 is 5.41 Å². The fourth-order valence-corrected chi connectivity index (χ4v) is 3.36. The minimum Gasteiger partial charge on any atom is -0.392 e. The predicted octanol–water partition coefficient (Wildman–Crippen LogP) is 3.26. The molecule has 0 radical (unpaired) electrons. The Kier molecular flexibility index (Phi) is 4.93. The van der Waals surface area contributed by atoms with Gasteiger partial charge in [0, 0.05) is 5.69 Å². The van der Waals surface area contributed by atoms with Crippen LogP contribution in [0.15, 0.2) is 12.1 Å². The molecule has 0 unspecified atom stereocenters. The highest BCUT2D eigenvalue weighted by Gasteiger charge is 2.41. The van der Waals surface area contributed by atoms with Gasteiger partial charge in [0.25, 0.3) is 0 Å². The maximum atomic E-state index is 12.8. The molecule has 4 nitrogen and oxygen atoms in total. The molecule has 1 aromatic rings. The van der Waals surface area contributed by atoms with Gasteiger partial charge in [-0.15, -0.1) is 0 Å². The fraction of sp³-hybridized carbons (Fsp3) is 0.562. The molecule has 1 fully saturated rings. The highest BCUT2D eigenvalue weighted by molar-refractivity contribution is 7.80. The fourth-order valence-electron chi connectivity index (χ4n) is 3.06. The largest absolute Gasteiger partial charge is 0.392 e. The lowest BCUT2D eigenvalue weighted by atomic mass is 9.79. The van der Waals surface area contributed by atoms with E-state index in [2.05, 4.69) is 10.3 Å². The van der Waals surface area contributed by atoms with Gasteiger partial charge in [0.15, 0.2) is 0 Å². The molecule has 1 aliphatic rings. The molecule has 1 aliphatic carbocycles. The summed E-state index contributed by atoms with van der Waals surface area (Å²) >= 11 is 5.23. The number of hydrogen-bond donors (Lipinski definition) is 2. The lowest BCUT2D eigenvalue weighted by molar-refractivity contribution is -0.122. The van der Waals surface area contributed by atoms with Crippen LogP contribution in [-0.2, 0) is 4.79 Å². The van der Waals surface area contributed by atoms with Gasteiger partial charge in [-0.2, -0.15) is 0 Å². The normalized spacial score (nSPS) is 17.8. The van der Waals surface area contributed by atoms with E-state index in [0.717, 1.165) is 49.8 Å². The monoisotopic (exact) mass is 305 g/mol. The zero-order valence-corrected chi connectivity index (χ0v) is 13.6. The zero-order chi connectivity index (χ0) is 15.5. The van der Waals surface area contributed by atoms with Crippen LogP contribution in [0.2, 0.25) is 0 Å². The SMILES string of the molecule is Cc1cc(C)nc(NC(=O)C2(C(N)=S)CCCCCC2)c1. The molecular weight excluding hydrogens is 282 g/mol. The molecule has 0 aromatic carbocycles. The summed E-state index contributed by atoms with van der Waals surface area (Å²) in [7, 11) is 0. The van der Waals surface area contributed by atoms with Crippen LogP contribution in [0.4, 0.5) is 5.82 Å². The van der Waals surface area contributed by atoms with Gasteiger partial charge in [0.1, 0.15) is 5.82 Å². The lowest BCUT2D eigenvalue weighted by Gasteiger charge is -2.30. The van der Waals surface area contributed by atoms with Crippen LogP contribution in [0, 0.1) is 19.3 Å². The Hall–Kier alpha value is -1.49. The van der Waals surface area contributed by atoms with Crippen molar-refractivity contribution in [3.8, 4) is 0 Å². The van der Waals surface area contributed by atoms with E-state index in [9.17, 15) is 4.79 Å². The second kappa shape index (κ2) is 6.52. The van der Waals surface area contributed by atoms with E-state index in [4.69, 9.17) is 18.0 Å². The van der Waals surface area contributed by atoms with E-state index in [1.807, 2.05) is 26.0 Å². The summed E-state index contributed by atoms with van der Waals surface area (Å²) in [6.07, 6.45) is 5.73. The quantitative estimate of drug-likeness (QED) is 0.664. The molecule has 1 amide bonds. The molecule has 5 heteroatoms. The third kappa shape index (κ3) is 3.59. The summed E-state index contributed by atoms with van der Waals surface area (Å²) in [6, 6.07) is 3.85. The molecule has 0 saturated heterocycles. The first kappa shape index (κ1) is 15.9. The summed E-state index contributed by atoms with van der Waals surface area (Å²) in [4.78, 5) is 17.5. The number of anilines is 1. The zero-order valence-electron chi connectivity index (χ0n) is 12.7. The van der Waals surface area contributed by atoms with Crippen LogP contribution in [0.5, 0.6) is 0 Å². The van der Waals surface area contributed by atoms with E-state index in [1.165, 1.54) is 0 Å². The molecule has 0 aliphatic heterocycles. The van der Waals surface area contributed by atoms with Crippen LogP contribution < -0.4 is 11.1 Å². The topological polar surface area (TPSA) is 68.0 Å². The molecule has 2 rings (SSSR count). The molecule has 0 bridgehead atoms.